The van der Waals surface area contributed by atoms with Gasteiger partial charge in [-0.25, -0.2) is 0 Å². The van der Waals surface area contributed by atoms with Crippen molar-refractivity contribution in [3.05, 3.63) is 0 Å². The van der Waals surface area contributed by atoms with Crippen LogP contribution in [0.5, 0.6) is 0 Å². The SMILES string of the molecule is CCCCC(CC)C1CCC(C(CC)CCC(C)[C@@H](C)C(CC(C)C(CC)CCC(C)O)C(C(CC)CCC)C2CCC(C3CCC(C)CC3)CC2)CC1. The lowest BCUT2D eigenvalue weighted by molar-refractivity contribution is 0.0173. The highest BCUT2D eigenvalue weighted by atomic mass is 16.3. The Kier molecular flexibility index (Phi) is 23.4. The average molecular weight is 755 g/mol. The van der Waals surface area contributed by atoms with Gasteiger partial charge in [0.25, 0.3) is 0 Å². The van der Waals surface area contributed by atoms with Crippen LogP contribution in [0.2, 0.25) is 0 Å². The Bertz CT molecular complexity index is 900. The monoisotopic (exact) mass is 755 g/mol. The van der Waals surface area contributed by atoms with Crippen LogP contribution in [0.15, 0.2) is 0 Å². The van der Waals surface area contributed by atoms with Crippen molar-refractivity contribution in [2.45, 2.75) is 249 Å². The molecule has 3 aliphatic rings. The van der Waals surface area contributed by atoms with Crippen LogP contribution in [0, 0.1) is 88.8 Å². The van der Waals surface area contributed by atoms with Gasteiger partial charge < -0.3 is 5.11 Å². The van der Waals surface area contributed by atoms with E-state index in [9.17, 15) is 5.11 Å². The van der Waals surface area contributed by atoms with E-state index in [2.05, 4.69) is 69.2 Å². The molecule has 0 aliphatic heterocycles. The molecular weight excluding hydrogens is 653 g/mol. The Morgan fingerprint density at radius 2 is 1.00 bits per heavy atom. The Morgan fingerprint density at radius 1 is 0.481 bits per heavy atom. The number of aliphatic hydroxyl groups is 1. The first-order chi connectivity index (χ1) is 26.0. The Labute approximate surface area is 341 Å². The molecule has 1 nitrogen and oxygen atoms in total. The molecule has 0 saturated heterocycles. The lowest BCUT2D eigenvalue weighted by Crippen LogP contribution is -2.40. The van der Waals surface area contributed by atoms with Crippen LogP contribution < -0.4 is 0 Å². The van der Waals surface area contributed by atoms with Gasteiger partial charge in [0, 0.05) is 0 Å². The molecule has 320 valence electrons. The molecule has 3 rings (SSSR count). The number of aliphatic hydroxyl groups excluding tert-OH is 1. The van der Waals surface area contributed by atoms with Crippen LogP contribution in [-0.4, -0.2) is 11.2 Å². The van der Waals surface area contributed by atoms with Crippen molar-refractivity contribution in [2.24, 2.45) is 88.8 Å². The first kappa shape index (κ1) is 48.3. The van der Waals surface area contributed by atoms with Gasteiger partial charge in [-0.1, -0.05) is 146 Å². The predicted octanol–water partition coefficient (Wildman–Crippen LogP) is 17.0. The van der Waals surface area contributed by atoms with Crippen molar-refractivity contribution in [3.8, 4) is 0 Å². The Hall–Kier alpha value is -0.0400. The largest absolute Gasteiger partial charge is 0.393 e. The van der Waals surface area contributed by atoms with E-state index in [0.29, 0.717) is 0 Å². The van der Waals surface area contributed by atoms with E-state index in [1.165, 1.54) is 161 Å². The van der Waals surface area contributed by atoms with Crippen molar-refractivity contribution in [1.82, 2.24) is 0 Å². The number of hydrogen-bond donors (Lipinski definition) is 1. The maximum Gasteiger partial charge on any atom is 0.0512 e. The summed E-state index contributed by atoms with van der Waals surface area (Å²) in [6, 6.07) is 0. The molecule has 0 aromatic rings. The molecule has 0 spiro atoms. The van der Waals surface area contributed by atoms with Gasteiger partial charge in [-0.2, -0.15) is 0 Å². The first-order valence-corrected chi connectivity index (χ1v) is 25.7. The lowest BCUT2D eigenvalue weighted by atomic mass is 9.58. The third-order valence-electron chi connectivity index (χ3n) is 17.9. The lowest BCUT2D eigenvalue weighted by Gasteiger charge is -2.48. The molecule has 1 N–H and O–H groups in total. The smallest absolute Gasteiger partial charge is 0.0512 e. The average Bonchev–Trinajstić information content (AvgIpc) is 3.18. The molecule has 1 heteroatoms. The van der Waals surface area contributed by atoms with E-state index in [0.717, 1.165) is 95.2 Å². The van der Waals surface area contributed by atoms with Crippen molar-refractivity contribution in [1.29, 1.82) is 0 Å². The van der Waals surface area contributed by atoms with Gasteiger partial charge in [-0.3, -0.25) is 0 Å². The third-order valence-corrected chi connectivity index (χ3v) is 17.9. The van der Waals surface area contributed by atoms with E-state index >= 15 is 0 Å². The fourth-order valence-electron chi connectivity index (χ4n) is 13.8. The highest BCUT2D eigenvalue weighted by Gasteiger charge is 2.42. The summed E-state index contributed by atoms with van der Waals surface area (Å²) in [5, 5.41) is 10.3. The Balaban J connectivity index is 1.78. The molecule has 54 heavy (non-hydrogen) atoms. The molecule has 0 radical (unpaired) electrons. The first-order valence-electron chi connectivity index (χ1n) is 25.7. The van der Waals surface area contributed by atoms with E-state index in [1.807, 2.05) is 6.92 Å². The molecule has 0 bridgehead atoms. The van der Waals surface area contributed by atoms with Crippen LogP contribution in [0.3, 0.4) is 0 Å². The molecule has 9 unspecified atom stereocenters. The minimum Gasteiger partial charge on any atom is -0.393 e. The fourth-order valence-corrected chi connectivity index (χ4v) is 13.8. The van der Waals surface area contributed by atoms with Gasteiger partial charge in [-0.15, -0.1) is 0 Å². The topological polar surface area (TPSA) is 20.2 Å². The molecule has 10 atom stereocenters. The summed E-state index contributed by atoms with van der Waals surface area (Å²) in [6.45, 7) is 27.4. The molecule has 0 aromatic carbocycles. The maximum atomic E-state index is 10.3. The zero-order valence-corrected chi connectivity index (χ0v) is 39.1. The zero-order valence-electron chi connectivity index (χ0n) is 39.1. The minimum atomic E-state index is -0.166. The quantitative estimate of drug-likeness (QED) is 0.0932. The summed E-state index contributed by atoms with van der Waals surface area (Å²) in [6.07, 6.45) is 37.0. The van der Waals surface area contributed by atoms with Crippen molar-refractivity contribution < 1.29 is 5.11 Å². The standard InChI is InChI=1S/C53H102O/c1-12-18-20-44(15-4)47-29-31-48(32-30-47)45(16-5)27-23-39(8)42(11)52(37-40(9)43(14-3)28-24-41(10)54)53(46(17-6)19-13-2)51-35-33-50(34-36-51)49-25-21-38(7)22-26-49/h38-54H,12-37H2,1-11H3/t38?,39?,40?,41?,42-,43?,44?,45?,46?,47?,48?,49?,50?,51?,52?,53?/m1/s1. The molecule has 3 fully saturated rings. The van der Waals surface area contributed by atoms with E-state index in [4.69, 9.17) is 0 Å². The molecule has 3 aliphatic carbocycles. The second kappa shape index (κ2) is 26.1. The molecular formula is C53H102O. The van der Waals surface area contributed by atoms with Gasteiger partial charge in [0.2, 0.25) is 0 Å². The van der Waals surface area contributed by atoms with Gasteiger partial charge >= 0.3 is 0 Å². The third kappa shape index (κ3) is 15.0. The molecule has 0 heterocycles. The number of unbranched alkanes of at least 4 members (excludes halogenated alkanes) is 1. The van der Waals surface area contributed by atoms with Crippen LogP contribution in [0.1, 0.15) is 243 Å². The highest BCUT2D eigenvalue weighted by Crippen LogP contribution is 2.51. The predicted molar refractivity (Wildman–Crippen MR) is 241 cm³/mol. The Morgan fingerprint density at radius 3 is 1.48 bits per heavy atom. The summed E-state index contributed by atoms with van der Waals surface area (Å²) in [5.74, 6) is 13.6. The number of rotatable bonds is 26. The number of hydrogen-bond acceptors (Lipinski definition) is 1. The van der Waals surface area contributed by atoms with Crippen LogP contribution in [0.4, 0.5) is 0 Å². The summed E-state index contributed by atoms with van der Waals surface area (Å²) >= 11 is 0. The van der Waals surface area contributed by atoms with Crippen molar-refractivity contribution in [2.75, 3.05) is 0 Å². The fraction of sp³-hybridized carbons (Fsp3) is 1.00. The second-order valence-electron chi connectivity index (χ2n) is 21.3. The normalized spacial score (nSPS) is 31.1. The summed E-state index contributed by atoms with van der Waals surface area (Å²) in [5.41, 5.74) is 0. The molecule has 0 amide bonds. The van der Waals surface area contributed by atoms with Crippen LogP contribution in [-0.2, 0) is 0 Å². The summed E-state index contributed by atoms with van der Waals surface area (Å²) in [7, 11) is 0. The minimum absolute atomic E-state index is 0.166. The van der Waals surface area contributed by atoms with Gasteiger partial charge in [0.15, 0.2) is 0 Å². The van der Waals surface area contributed by atoms with E-state index in [-0.39, 0.29) is 6.10 Å². The van der Waals surface area contributed by atoms with Gasteiger partial charge in [-0.05, 0) is 186 Å². The molecule has 0 aromatic heterocycles. The van der Waals surface area contributed by atoms with E-state index in [1.54, 1.807) is 0 Å². The second-order valence-corrected chi connectivity index (χ2v) is 21.3. The molecule has 3 saturated carbocycles. The zero-order chi connectivity index (χ0) is 39.6. The summed E-state index contributed by atoms with van der Waals surface area (Å²) in [4.78, 5) is 0. The van der Waals surface area contributed by atoms with E-state index < -0.39 is 0 Å². The van der Waals surface area contributed by atoms with Crippen molar-refractivity contribution in [3.63, 3.8) is 0 Å². The van der Waals surface area contributed by atoms with Crippen LogP contribution in [0.25, 0.3) is 0 Å². The van der Waals surface area contributed by atoms with Gasteiger partial charge in [0.1, 0.15) is 0 Å². The maximum absolute atomic E-state index is 10.3. The van der Waals surface area contributed by atoms with Crippen molar-refractivity contribution >= 4 is 0 Å². The van der Waals surface area contributed by atoms with Gasteiger partial charge in [0.05, 0.1) is 6.10 Å². The highest BCUT2D eigenvalue weighted by molar-refractivity contribution is 4.92. The van der Waals surface area contributed by atoms with Crippen LogP contribution >= 0.6 is 0 Å². The summed E-state index contributed by atoms with van der Waals surface area (Å²) < 4.78 is 0.